The van der Waals surface area contributed by atoms with E-state index in [2.05, 4.69) is 10.6 Å². The maximum Gasteiger partial charge on any atom is 0.317 e. The van der Waals surface area contributed by atoms with Gasteiger partial charge in [0, 0.05) is 19.6 Å². The summed E-state index contributed by atoms with van der Waals surface area (Å²) in [5.41, 5.74) is 2.73. The number of urea groups is 1. The fourth-order valence-electron chi connectivity index (χ4n) is 4.67. The highest BCUT2D eigenvalue weighted by Crippen LogP contribution is 2.32. The van der Waals surface area contributed by atoms with Gasteiger partial charge >= 0.3 is 6.03 Å². The van der Waals surface area contributed by atoms with Gasteiger partial charge in [0.05, 0.1) is 37.6 Å². The second-order valence-electron chi connectivity index (χ2n) is 8.37. The highest BCUT2D eigenvalue weighted by atomic mass is 16.5. The Morgan fingerprint density at radius 2 is 1.79 bits per heavy atom. The van der Waals surface area contributed by atoms with Crippen LogP contribution < -0.4 is 15.4 Å². The van der Waals surface area contributed by atoms with Gasteiger partial charge in [-0.05, 0) is 41.8 Å². The van der Waals surface area contributed by atoms with E-state index in [0.29, 0.717) is 50.5 Å². The van der Waals surface area contributed by atoms with Gasteiger partial charge in [-0.15, -0.1) is 0 Å². The lowest BCUT2D eigenvalue weighted by atomic mass is 10.0. The summed E-state index contributed by atoms with van der Waals surface area (Å²) in [6, 6.07) is 11.6. The molecule has 2 aromatic carbocycles. The van der Waals surface area contributed by atoms with Crippen LogP contribution in [0.25, 0.3) is 11.1 Å². The minimum atomic E-state index is -0.751. The van der Waals surface area contributed by atoms with Crippen molar-refractivity contribution in [2.24, 2.45) is 0 Å². The molecule has 0 spiro atoms. The van der Waals surface area contributed by atoms with Gasteiger partial charge in [-0.3, -0.25) is 9.59 Å². The van der Waals surface area contributed by atoms with E-state index in [1.807, 2.05) is 36.4 Å². The molecule has 2 aromatic rings. The Balaban J connectivity index is 1.38. The fourth-order valence-corrected chi connectivity index (χ4v) is 4.67. The van der Waals surface area contributed by atoms with E-state index in [9.17, 15) is 14.4 Å². The topological polar surface area (TPSA) is 100 Å². The van der Waals surface area contributed by atoms with Crippen molar-refractivity contribution in [3.05, 3.63) is 48.0 Å². The maximum atomic E-state index is 13.5. The van der Waals surface area contributed by atoms with Crippen molar-refractivity contribution >= 4 is 23.5 Å². The Hall–Kier alpha value is -3.59. The molecule has 0 bridgehead atoms. The van der Waals surface area contributed by atoms with E-state index in [-0.39, 0.29) is 17.8 Å². The summed E-state index contributed by atoms with van der Waals surface area (Å²) in [5.74, 6) is 0.248. The molecule has 2 atom stereocenters. The molecule has 3 aliphatic heterocycles. The molecule has 0 radical (unpaired) electrons. The number of nitrogens with zero attached hydrogens (tertiary/aromatic N) is 2. The third kappa shape index (κ3) is 4.00. The number of hydrogen-bond acceptors (Lipinski definition) is 5. The standard InChI is InChI=1S/C24H26N4O5/c1-32-17-5-2-15(3-6-17)16-4-7-19-18(14-16)23(30)28-9-8-20(21(28)22(29)25-19)26-24(31)27-10-12-33-13-11-27/h2-7,14,20-21H,8-13H2,1H3,(H,25,29)(H,26,31)/t20-,21-/m0/s1. The summed E-state index contributed by atoms with van der Waals surface area (Å²) in [5, 5.41) is 5.86. The molecule has 5 rings (SSSR count). The number of carbonyl (C=O) groups is 3. The maximum absolute atomic E-state index is 13.5. The van der Waals surface area contributed by atoms with Crippen molar-refractivity contribution < 1.29 is 23.9 Å². The predicted molar refractivity (Wildman–Crippen MR) is 121 cm³/mol. The molecule has 9 heteroatoms. The van der Waals surface area contributed by atoms with Crippen LogP contribution in [0.5, 0.6) is 5.75 Å². The van der Waals surface area contributed by atoms with E-state index >= 15 is 0 Å². The average molecular weight is 450 g/mol. The predicted octanol–water partition coefficient (Wildman–Crippen LogP) is 1.94. The lowest BCUT2D eigenvalue weighted by Gasteiger charge is -2.30. The van der Waals surface area contributed by atoms with Crippen LogP contribution in [0.3, 0.4) is 0 Å². The Morgan fingerprint density at radius 3 is 2.52 bits per heavy atom. The Morgan fingerprint density at radius 1 is 1.06 bits per heavy atom. The molecule has 172 valence electrons. The molecule has 2 saturated heterocycles. The van der Waals surface area contributed by atoms with Crippen LogP contribution in [0.1, 0.15) is 16.8 Å². The molecule has 4 amide bonds. The van der Waals surface area contributed by atoms with Gasteiger partial charge in [0.25, 0.3) is 5.91 Å². The molecule has 2 N–H and O–H groups in total. The van der Waals surface area contributed by atoms with Gasteiger partial charge in [0.2, 0.25) is 5.91 Å². The first kappa shape index (κ1) is 21.3. The van der Waals surface area contributed by atoms with Crippen LogP contribution >= 0.6 is 0 Å². The molecule has 3 aliphatic rings. The highest BCUT2D eigenvalue weighted by Gasteiger charge is 2.45. The Bertz CT molecular complexity index is 1080. The van der Waals surface area contributed by atoms with Gasteiger partial charge in [-0.25, -0.2) is 4.79 Å². The second-order valence-corrected chi connectivity index (χ2v) is 8.37. The Labute approximate surface area is 191 Å². The number of hydrogen-bond donors (Lipinski definition) is 2. The first-order chi connectivity index (χ1) is 16.0. The van der Waals surface area contributed by atoms with E-state index in [1.54, 1.807) is 23.0 Å². The van der Waals surface area contributed by atoms with Gasteiger partial charge in [0.1, 0.15) is 11.8 Å². The molecule has 33 heavy (non-hydrogen) atoms. The number of amides is 4. The Kier molecular flexibility index (Phi) is 5.63. The number of nitrogens with one attached hydrogen (secondary N) is 2. The summed E-state index contributed by atoms with van der Waals surface area (Å²) in [7, 11) is 1.61. The lowest BCUT2D eigenvalue weighted by molar-refractivity contribution is -0.120. The first-order valence-corrected chi connectivity index (χ1v) is 11.1. The van der Waals surface area contributed by atoms with E-state index < -0.39 is 12.1 Å². The third-order valence-corrected chi connectivity index (χ3v) is 6.47. The largest absolute Gasteiger partial charge is 0.497 e. The summed E-state index contributed by atoms with van der Waals surface area (Å²) in [4.78, 5) is 42.5. The number of ether oxygens (including phenoxy) is 2. The van der Waals surface area contributed by atoms with Crippen LogP contribution in [0.4, 0.5) is 10.5 Å². The van der Waals surface area contributed by atoms with Crippen molar-refractivity contribution in [1.82, 2.24) is 15.1 Å². The van der Waals surface area contributed by atoms with Crippen LogP contribution in [-0.2, 0) is 9.53 Å². The summed E-state index contributed by atoms with van der Waals surface area (Å²) in [6.07, 6.45) is 0.521. The second kappa shape index (κ2) is 8.74. The SMILES string of the molecule is COc1ccc(-c2ccc3c(c2)C(=O)N2CC[C@H](NC(=O)N4CCOCC4)[C@H]2C(=O)N3)cc1. The molecule has 0 saturated carbocycles. The number of methoxy groups -OCH3 is 1. The van der Waals surface area contributed by atoms with Crippen LogP contribution in [0, 0.1) is 0 Å². The summed E-state index contributed by atoms with van der Waals surface area (Å²) < 4.78 is 10.5. The normalized spacial score (nSPS) is 22.2. The van der Waals surface area contributed by atoms with E-state index in [4.69, 9.17) is 9.47 Å². The van der Waals surface area contributed by atoms with E-state index in [1.165, 1.54) is 0 Å². The molecule has 3 heterocycles. The minimum Gasteiger partial charge on any atom is -0.497 e. The smallest absolute Gasteiger partial charge is 0.317 e. The fraction of sp³-hybridized carbons (Fsp3) is 0.375. The molecule has 0 aliphatic carbocycles. The minimum absolute atomic E-state index is 0.216. The van der Waals surface area contributed by atoms with E-state index in [0.717, 1.165) is 16.9 Å². The monoisotopic (exact) mass is 450 g/mol. The number of rotatable bonds is 3. The molecule has 2 fully saturated rings. The number of fused-ring (bicyclic) bond motifs is 2. The molecule has 0 unspecified atom stereocenters. The van der Waals surface area contributed by atoms with Crippen molar-refractivity contribution in [3.63, 3.8) is 0 Å². The van der Waals surface area contributed by atoms with Crippen molar-refractivity contribution in [2.75, 3.05) is 45.3 Å². The lowest BCUT2D eigenvalue weighted by Crippen LogP contribution is -2.55. The highest BCUT2D eigenvalue weighted by molar-refractivity contribution is 6.11. The molecule has 9 nitrogen and oxygen atoms in total. The molecular weight excluding hydrogens is 424 g/mol. The molecule has 0 aromatic heterocycles. The van der Waals surface area contributed by atoms with Crippen LogP contribution in [0.15, 0.2) is 42.5 Å². The van der Waals surface area contributed by atoms with Crippen LogP contribution in [-0.4, -0.2) is 79.7 Å². The quantitative estimate of drug-likeness (QED) is 0.745. The zero-order valence-corrected chi connectivity index (χ0v) is 18.4. The number of benzene rings is 2. The number of morpholine rings is 1. The van der Waals surface area contributed by atoms with Crippen LogP contribution in [0.2, 0.25) is 0 Å². The zero-order chi connectivity index (χ0) is 22.9. The van der Waals surface area contributed by atoms with Crippen molar-refractivity contribution in [2.45, 2.75) is 18.5 Å². The van der Waals surface area contributed by atoms with Crippen molar-refractivity contribution in [1.29, 1.82) is 0 Å². The first-order valence-electron chi connectivity index (χ1n) is 11.1. The van der Waals surface area contributed by atoms with Crippen molar-refractivity contribution in [3.8, 4) is 16.9 Å². The van der Waals surface area contributed by atoms with Gasteiger partial charge < -0.3 is 29.9 Å². The molecular formula is C24H26N4O5. The van der Waals surface area contributed by atoms with Gasteiger partial charge in [0.15, 0.2) is 0 Å². The summed E-state index contributed by atoms with van der Waals surface area (Å²) in [6.45, 7) is 2.42. The third-order valence-electron chi connectivity index (χ3n) is 6.47. The van der Waals surface area contributed by atoms with Gasteiger partial charge in [-0.2, -0.15) is 0 Å². The number of carbonyl (C=O) groups excluding carboxylic acids is 3. The summed E-state index contributed by atoms with van der Waals surface area (Å²) >= 11 is 0. The van der Waals surface area contributed by atoms with Gasteiger partial charge in [-0.1, -0.05) is 18.2 Å². The zero-order valence-electron chi connectivity index (χ0n) is 18.4. The number of anilines is 1. The average Bonchev–Trinajstić information content (AvgIpc) is 3.23.